The Morgan fingerprint density at radius 3 is 2.78 bits per heavy atom. The third kappa shape index (κ3) is 5.59. The van der Waals surface area contributed by atoms with E-state index in [-0.39, 0.29) is 5.91 Å². The quantitative estimate of drug-likeness (QED) is 0.534. The molecule has 54 valence electrons. The molecule has 0 aromatic carbocycles. The van der Waals surface area contributed by atoms with Crippen molar-refractivity contribution in [2.75, 3.05) is 26.0 Å². The minimum absolute atomic E-state index is 0.0156. The third-order valence-corrected chi connectivity index (χ3v) is 0.943. The highest BCUT2D eigenvalue weighted by Crippen LogP contribution is 1.69. The Labute approximate surface area is 59.8 Å². The van der Waals surface area contributed by atoms with Crippen molar-refractivity contribution in [3.63, 3.8) is 0 Å². The summed E-state index contributed by atoms with van der Waals surface area (Å²) in [6.45, 7) is 0.902. The van der Waals surface area contributed by atoms with Crippen molar-refractivity contribution in [1.29, 1.82) is 0 Å². The molecule has 3 nitrogen and oxygen atoms in total. The molecule has 0 saturated carbocycles. The van der Waals surface area contributed by atoms with Crippen molar-refractivity contribution in [1.82, 2.24) is 10.6 Å². The molecule has 0 saturated heterocycles. The van der Waals surface area contributed by atoms with Crippen molar-refractivity contribution < 1.29 is 4.79 Å². The molecule has 0 aromatic rings. The monoisotopic (exact) mass is 150 g/mol. The van der Waals surface area contributed by atoms with Gasteiger partial charge in [0.25, 0.3) is 0 Å². The summed E-state index contributed by atoms with van der Waals surface area (Å²) in [4.78, 5) is 10.6. The van der Waals surface area contributed by atoms with Gasteiger partial charge < -0.3 is 10.6 Å². The van der Waals surface area contributed by atoms with Gasteiger partial charge in [-0.15, -0.1) is 11.6 Å². The van der Waals surface area contributed by atoms with E-state index in [0.29, 0.717) is 19.0 Å². The lowest BCUT2D eigenvalue weighted by Crippen LogP contribution is -2.33. The maximum absolute atomic E-state index is 10.6. The van der Waals surface area contributed by atoms with Gasteiger partial charge in [0.2, 0.25) is 5.91 Å². The first-order valence-corrected chi connectivity index (χ1v) is 3.32. The zero-order chi connectivity index (χ0) is 7.11. The summed E-state index contributed by atoms with van der Waals surface area (Å²) < 4.78 is 0. The van der Waals surface area contributed by atoms with Crippen LogP contribution in [0.3, 0.4) is 0 Å². The molecule has 0 atom stereocenters. The molecule has 0 fully saturated rings. The van der Waals surface area contributed by atoms with Gasteiger partial charge in [0.15, 0.2) is 0 Å². The summed E-state index contributed by atoms with van der Waals surface area (Å²) in [7, 11) is 1.72. The van der Waals surface area contributed by atoms with Gasteiger partial charge in [0, 0.05) is 12.4 Å². The second kappa shape index (κ2) is 5.85. The summed E-state index contributed by atoms with van der Waals surface area (Å²) in [5.74, 6) is 0.452. The lowest BCUT2D eigenvalue weighted by Gasteiger charge is -1.99. The molecule has 1 amide bonds. The highest BCUT2D eigenvalue weighted by Gasteiger charge is 1.94. The molecule has 2 N–H and O–H groups in total. The zero-order valence-corrected chi connectivity index (χ0v) is 6.16. The summed E-state index contributed by atoms with van der Waals surface area (Å²) >= 11 is 5.31. The lowest BCUT2D eigenvalue weighted by molar-refractivity contribution is -0.120. The van der Waals surface area contributed by atoms with Crippen LogP contribution in [0, 0.1) is 0 Å². The van der Waals surface area contributed by atoms with Gasteiger partial charge in [-0.3, -0.25) is 4.79 Å². The minimum Gasteiger partial charge on any atom is -0.354 e. The van der Waals surface area contributed by atoms with Crippen LogP contribution >= 0.6 is 11.6 Å². The van der Waals surface area contributed by atoms with Crippen molar-refractivity contribution in [3.8, 4) is 0 Å². The van der Waals surface area contributed by atoms with Crippen LogP contribution in [0.25, 0.3) is 0 Å². The van der Waals surface area contributed by atoms with Crippen molar-refractivity contribution in [2.45, 2.75) is 0 Å². The zero-order valence-electron chi connectivity index (χ0n) is 5.41. The summed E-state index contributed by atoms with van der Waals surface area (Å²) in [5, 5.41) is 5.32. The standard InChI is InChI=1S/C5H11ClN2O/c1-7-4-5(9)8-3-2-6/h7H,2-4H2,1H3,(H,8,9). The van der Waals surface area contributed by atoms with Gasteiger partial charge in [-0.05, 0) is 7.05 Å². The molecule has 0 aliphatic carbocycles. The van der Waals surface area contributed by atoms with E-state index in [2.05, 4.69) is 10.6 Å². The summed E-state index contributed by atoms with van der Waals surface area (Å²) in [6.07, 6.45) is 0. The van der Waals surface area contributed by atoms with E-state index in [1.54, 1.807) is 7.05 Å². The maximum Gasteiger partial charge on any atom is 0.233 e. The largest absolute Gasteiger partial charge is 0.354 e. The number of rotatable bonds is 4. The van der Waals surface area contributed by atoms with E-state index >= 15 is 0 Å². The van der Waals surface area contributed by atoms with Crippen LogP contribution in [0.5, 0.6) is 0 Å². The Morgan fingerprint density at radius 1 is 1.67 bits per heavy atom. The van der Waals surface area contributed by atoms with Gasteiger partial charge >= 0.3 is 0 Å². The first-order chi connectivity index (χ1) is 4.31. The fourth-order valence-electron chi connectivity index (χ4n) is 0.410. The fourth-order valence-corrected chi connectivity index (χ4v) is 0.504. The molecular formula is C5H11ClN2O. The van der Waals surface area contributed by atoms with Gasteiger partial charge in [-0.25, -0.2) is 0 Å². The van der Waals surface area contributed by atoms with Crippen LogP contribution in [0.15, 0.2) is 0 Å². The summed E-state index contributed by atoms with van der Waals surface area (Å²) in [5.41, 5.74) is 0. The third-order valence-electron chi connectivity index (χ3n) is 0.754. The minimum atomic E-state index is -0.0156. The number of likely N-dealkylation sites (N-methyl/N-ethyl adjacent to an activating group) is 1. The normalized spacial score (nSPS) is 9.11. The maximum atomic E-state index is 10.6. The topological polar surface area (TPSA) is 41.1 Å². The van der Waals surface area contributed by atoms with Crippen molar-refractivity contribution in [2.24, 2.45) is 0 Å². The van der Waals surface area contributed by atoms with Gasteiger partial charge in [-0.1, -0.05) is 0 Å². The Morgan fingerprint density at radius 2 is 2.33 bits per heavy atom. The number of carbonyl (C=O) groups is 1. The Hall–Kier alpha value is -0.280. The average Bonchev–Trinajstić information content (AvgIpc) is 1.85. The molecule has 4 heteroatoms. The second-order valence-electron chi connectivity index (χ2n) is 1.57. The highest BCUT2D eigenvalue weighted by molar-refractivity contribution is 6.18. The van der Waals surface area contributed by atoms with E-state index < -0.39 is 0 Å². The molecule has 0 aliphatic rings. The number of hydrogen-bond donors (Lipinski definition) is 2. The number of nitrogens with one attached hydrogen (secondary N) is 2. The first kappa shape index (κ1) is 8.72. The number of hydrogen-bond acceptors (Lipinski definition) is 2. The van der Waals surface area contributed by atoms with Crippen LogP contribution in [-0.2, 0) is 4.79 Å². The first-order valence-electron chi connectivity index (χ1n) is 2.78. The second-order valence-corrected chi connectivity index (χ2v) is 1.95. The number of amides is 1. The van der Waals surface area contributed by atoms with E-state index in [1.165, 1.54) is 0 Å². The van der Waals surface area contributed by atoms with Gasteiger partial charge in [0.1, 0.15) is 0 Å². The van der Waals surface area contributed by atoms with E-state index in [4.69, 9.17) is 11.6 Å². The fraction of sp³-hybridized carbons (Fsp3) is 0.800. The van der Waals surface area contributed by atoms with Crippen molar-refractivity contribution in [3.05, 3.63) is 0 Å². The Kier molecular flexibility index (Phi) is 5.67. The Balaban J connectivity index is 3.06. The van der Waals surface area contributed by atoms with Crippen LogP contribution in [0.1, 0.15) is 0 Å². The average molecular weight is 151 g/mol. The predicted octanol–water partition coefficient (Wildman–Crippen LogP) is -0.439. The van der Waals surface area contributed by atoms with Crippen molar-refractivity contribution >= 4 is 17.5 Å². The van der Waals surface area contributed by atoms with Crippen LogP contribution in [0.2, 0.25) is 0 Å². The van der Waals surface area contributed by atoms with Crippen LogP contribution < -0.4 is 10.6 Å². The molecule has 0 rings (SSSR count). The SMILES string of the molecule is CNCC(=O)NCCCl. The number of halogens is 1. The molecule has 0 bridgehead atoms. The molecule has 0 heterocycles. The van der Waals surface area contributed by atoms with E-state index in [1.807, 2.05) is 0 Å². The number of carbonyl (C=O) groups excluding carboxylic acids is 1. The molecule has 0 radical (unpaired) electrons. The Bertz CT molecular complexity index is 87.0. The number of alkyl halides is 1. The lowest BCUT2D eigenvalue weighted by atomic mass is 10.5. The predicted molar refractivity (Wildman–Crippen MR) is 37.7 cm³/mol. The smallest absolute Gasteiger partial charge is 0.233 e. The van der Waals surface area contributed by atoms with Gasteiger partial charge in [0.05, 0.1) is 6.54 Å². The molecule has 0 aliphatic heterocycles. The molecule has 0 unspecified atom stereocenters. The summed E-state index contributed by atoms with van der Waals surface area (Å²) in [6, 6.07) is 0. The molecule has 0 spiro atoms. The van der Waals surface area contributed by atoms with E-state index in [0.717, 1.165) is 0 Å². The molecule has 0 aromatic heterocycles. The molecular weight excluding hydrogens is 140 g/mol. The van der Waals surface area contributed by atoms with Gasteiger partial charge in [-0.2, -0.15) is 0 Å². The molecule has 9 heavy (non-hydrogen) atoms. The van der Waals surface area contributed by atoms with E-state index in [9.17, 15) is 4.79 Å². The van der Waals surface area contributed by atoms with Crippen LogP contribution in [-0.4, -0.2) is 31.9 Å². The highest BCUT2D eigenvalue weighted by atomic mass is 35.5. The van der Waals surface area contributed by atoms with Crippen LogP contribution in [0.4, 0.5) is 0 Å².